The van der Waals surface area contributed by atoms with Crippen molar-refractivity contribution in [1.29, 1.82) is 0 Å². The van der Waals surface area contributed by atoms with E-state index < -0.39 is 0 Å². The molecule has 0 saturated carbocycles. The lowest BCUT2D eigenvalue weighted by atomic mass is 10.2. The number of aromatic nitrogens is 3. The first-order valence-corrected chi connectivity index (χ1v) is 9.62. The van der Waals surface area contributed by atoms with Crippen LogP contribution in [0.4, 0.5) is 0 Å². The van der Waals surface area contributed by atoms with Crippen molar-refractivity contribution in [3.8, 4) is 22.7 Å². The Morgan fingerprint density at radius 2 is 1.60 bits per heavy atom. The smallest absolute Gasteiger partial charge is 0.247 e. The fourth-order valence-electron chi connectivity index (χ4n) is 2.35. The minimum atomic E-state index is 0.0414. The van der Waals surface area contributed by atoms with Gasteiger partial charge in [0.1, 0.15) is 0 Å². The molecule has 4 aromatic rings. The third-order valence-electron chi connectivity index (χ3n) is 3.64. The summed E-state index contributed by atoms with van der Waals surface area (Å²) in [4.78, 5) is 4.70. The third-order valence-corrected chi connectivity index (χ3v) is 5.70. The summed E-state index contributed by atoms with van der Waals surface area (Å²) in [6.45, 7) is 2.05. The molecule has 6 heteroatoms. The van der Waals surface area contributed by atoms with E-state index in [1.165, 1.54) is 0 Å². The number of benzene rings is 2. The van der Waals surface area contributed by atoms with Crippen LogP contribution in [0, 0.1) is 0 Å². The highest BCUT2D eigenvalue weighted by molar-refractivity contribution is 8.01. The van der Waals surface area contributed by atoms with Gasteiger partial charge in [0.25, 0.3) is 0 Å². The van der Waals surface area contributed by atoms with Crippen LogP contribution in [0.3, 0.4) is 0 Å². The summed E-state index contributed by atoms with van der Waals surface area (Å²) in [5, 5.41) is 10.5. The quantitative estimate of drug-likeness (QED) is 0.424. The number of hydrogen-bond acceptors (Lipinski definition) is 6. The summed E-state index contributed by atoms with van der Waals surface area (Å²) < 4.78 is 6.82. The molecular formula is C19H15N3OS2. The molecule has 0 aliphatic carbocycles. The van der Waals surface area contributed by atoms with Crippen molar-refractivity contribution >= 4 is 23.1 Å². The molecule has 0 saturated heterocycles. The van der Waals surface area contributed by atoms with Crippen molar-refractivity contribution < 1.29 is 4.42 Å². The third kappa shape index (κ3) is 3.65. The topological polar surface area (TPSA) is 51.8 Å². The first-order valence-electron chi connectivity index (χ1n) is 7.86. The molecule has 2 heterocycles. The molecule has 0 fully saturated rings. The molecule has 0 N–H and O–H groups in total. The Hall–Kier alpha value is -2.44. The van der Waals surface area contributed by atoms with Gasteiger partial charge in [-0.15, -0.1) is 21.5 Å². The predicted octanol–water partition coefficient (Wildman–Crippen LogP) is 5.71. The maximum absolute atomic E-state index is 5.83. The molecule has 25 heavy (non-hydrogen) atoms. The van der Waals surface area contributed by atoms with Crippen molar-refractivity contribution in [3.05, 3.63) is 71.9 Å². The highest BCUT2D eigenvalue weighted by Crippen LogP contribution is 2.38. The second-order valence-electron chi connectivity index (χ2n) is 5.44. The molecule has 0 bridgehead atoms. The maximum Gasteiger partial charge on any atom is 0.247 e. The SMILES string of the molecule is C[C@H](Sc1nc(-c2ccccc2)cs1)c1nnc(-c2ccccc2)o1. The van der Waals surface area contributed by atoms with Crippen LogP contribution in [0.25, 0.3) is 22.7 Å². The number of hydrogen-bond donors (Lipinski definition) is 0. The lowest BCUT2D eigenvalue weighted by molar-refractivity contribution is 0.509. The van der Waals surface area contributed by atoms with Crippen molar-refractivity contribution in [3.63, 3.8) is 0 Å². The van der Waals surface area contributed by atoms with Crippen molar-refractivity contribution in [1.82, 2.24) is 15.2 Å². The van der Waals surface area contributed by atoms with Crippen molar-refractivity contribution in [2.45, 2.75) is 16.5 Å². The molecule has 0 unspecified atom stereocenters. The van der Waals surface area contributed by atoms with Crippen LogP contribution in [0.15, 0.2) is 74.8 Å². The Morgan fingerprint density at radius 1 is 0.920 bits per heavy atom. The fourth-order valence-corrected chi connectivity index (χ4v) is 4.35. The second-order valence-corrected chi connectivity index (χ2v) is 7.88. The monoisotopic (exact) mass is 365 g/mol. The minimum Gasteiger partial charge on any atom is -0.419 e. The van der Waals surface area contributed by atoms with Crippen LogP contribution in [0.1, 0.15) is 18.1 Å². The highest BCUT2D eigenvalue weighted by Gasteiger charge is 2.18. The molecule has 0 radical (unpaired) electrons. The zero-order valence-electron chi connectivity index (χ0n) is 13.5. The van der Waals surface area contributed by atoms with Gasteiger partial charge in [0.05, 0.1) is 10.9 Å². The van der Waals surface area contributed by atoms with Gasteiger partial charge in [0.2, 0.25) is 11.8 Å². The molecule has 124 valence electrons. The summed E-state index contributed by atoms with van der Waals surface area (Å²) in [6, 6.07) is 20.0. The second kappa shape index (κ2) is 7.21. The van der Waals surface area contributed by atoms with Crippen LogP contribution in [-0.2, 0) is 0 Å². The van der Waals surface area contributed by atoms with Gasteiger partial charge >= 0.3 is 0 Å². The molecule has 1 atom stereocenters. The number of nitrogens with zero attached hydrogens (tertiary/aromatic N) is 3. The van der Waals surface area contributed by atoms with Gasteiger partial charge in [0.15, 0.2) is 4.34 Å². The summed E-state index contributed by atoms with van der Waals surface area (Å²) in [5.41, 5.74) is 3.05. The molecule has 4 nitrogen and oxygen atoms in total. The van der Waals surface area contributed by atoms with E-state index in [9.17, 15) is 0 Å². The molecular weight excluding hydrogens is 350 g/mol. The summed E-state index contributed by atoms with van der Waals surface area (Å²) in [7, 11) is 0. The Morgan fingerprint density at radius 3 is 2.32 bits per heavy atom. The normalized spacial score (nSPS) is 12.2. The summed E-state index contributed by atoms with van der Waals surface area (Å²) >= 11 is 3.26. The fraction of sp³-hybridized carbons (Fsp3) is 0.105. The van der Waals surface area contributed by atoms with E-state index in [0.29, 0.717) is 11.8 Å². The predicted molar refractivity (Wildman–Crippen MR) is 102 cm³/mol. The first-order chi connectivity index (χ1) is 12.3. The van der Waals surface area contributed by atoms with E-state index in [0.717, 1.165) is 21.2 Å². The molecule has 4 rings (SSSR count). The molecule has 0 aliphatic rings. The average molecular weight is 365 g/mol. The van der Waals surface area contributed by atoms with Crippen LogP contribution in [0.5, 0.6) is 0 Å². The minimum absolute atomic E-state index is 0.0414. The summed E-state index contributed by atoms with van der Waals surface area (Å²) in [5.74, 6) is 1.16. The van der Waals surface area contributed by atoms with E-state index in [-0.39, 0.29) is 5.25 Å². The van der Waals surface area contributed by atoms with Gasteiger partial charge in [-0.3, -0.25) is 0 Å². The highest BCUT2D eigenvalue weighted by atomic mass is 32.2. The van der Waals surface area contributed by atoms with Crippen LogP contribution >= 0.6 is 23.1 Å². The number of rotatable bonds is 5. The molecule has 0 aliphatic heterocycles. The number of thiazole rings is 1. The van der Waals surface area contributed by atoms with E-state index >= 15 is 0 Å². The van der Waals surface area contributed by atoms with E-state index in [1.807, 2.05) is 48.5 Å². The van der Waals surface area contributed by atoms with Gasteiger partial charge in [-0.25, -0.2) is 4.98 Å². The zero-order valence-corrected chi connectivity index (χ0v) is 15.1. The lowest BCUT2D eigenvalue weighted by Gasteiger charge is -2.03. The van der Waals surface area contributed by atoms with Crippen molar-refractivity contribution in [2.75, 3.05) is 0 Å². The lowest BCUT2D eigenvalue weighted by Crippen LogP contribution is -1.88. The Balaban J connectivity index is 1.49. The number of thioether (sulfide) groups is 1. The Labute approximate surface area is 154 Å². The average Bonchev–Trinajstić information content (AvgIpc) is 3.33. The van der Waals surface area contributed by atoms with Gasteiger partial charge in [-0.05, 0) is 19.1 Å². The van der Waals surface area contributed by atoms with E-state index in [1.54, 1.807) is 23.1 Å². The zero-order chi connectivity index (χ0) is 17.1. The van der Waals surface area contributed by atoms with Crippen molar-refractivity contribution in [2.24, 2.45) is 0 Å². The van der Waals surface area contributed by atoms with Gasteiger partial charge in [-0.1, -0.05) is 60.3 Å². The van der Waals surface area contributed by atoms with Gasteiger partial charge in [-0.2, -0.15) is 0 Å². The van der Waals surface area contributed by atoms with Gasteiger partial charge in [0, 0.05) is 16.5 Å². The molecule has 2 aromatic carbocycles. The summed E-state index contributed by atoms with van der Waals surface area (Å²) in [6.07, 6.45) is 0. The van der Waals surface area contributed by atoms with Gasteiger partial charge < -0.3 is 4.42 Å². The Bertz CT molecular complexity index is 951. The standard InChI is InChI=1S/C19H15N3OS2/c1-13(17-21-22-18(23-17)15-10-6-3-7-11-15)25-19-20-16(12-24-19)14-8-4-2-5-9-14/h2-13H,1H3/t13-/m0/s1. The van der Waals surface area contributed by atoms with Crippen LogP contribution < -0.4 is 0 Å². The van der Waals surface area contributed by atoms with Crippen LogP contribution in [0.2, 0.25) is 0 Å². The Kier molecular flexibility index (Phi) is 4.63. The molecule has 0 spiro atoms. The van der Waals surface area contributed by atoms with Crippen LogP contribution in [-0.4, -0.2) is 15.2 Å². The van der Waals surface area contributed by atoms with E-state index in [2.05, 4.69) is 34.6 Å². The first kappa shape index (κ1) is 16.1. The molecule has 0 amide bonds. The molecule has 2 aromatic heterocycles. The maximum atomic E-state index is 5.83. The largest absolute Gasteiger partial charge is 0.419 e. The van der Waals surface area contributed by atoms with E-state index in [4.69, 9.17) is 9.40 Å².